The quantitative estimate of drug-likeness (QED) is 0.904. The summed E-state index contributed by atoms with van der Waals surface area (Å²) >= 11 is 0. The van der Waals surface area contributed by atoms with Crippen LogP contribution >= 0.6 is 0 Å². The highest BCUT2D eigenvalue weighted by atomic mass is 16.2. The van der Waals surface area contributed by atoms with Gasteiger partial charge in [-0.25, -0.2) is 4.68 Å². The number of para-hydroxylation sites is 1. The summed E-state index contributed by atoms with van der Waals surface area (Å²) in [5, 5.41) is 4.32. The lowest BCUT2D eigenvalue weighted by Gasteiger charge is -2.31. The number of rotatable bonds is 5. The number of benzene rings is 1. The van der Waals surface area contributed by atoms with Gasteiger partial charge >= 0.3 is 0 Å². The molecule has 2 N–H and O–H groups in total. The summed E-state index contributed by atoms with van der Waals surface area (Å²) < 4.78 is 1.78. The van der Waals surface area contributed by atoms with E-state index >= 15 is 0 Å². The first-order valence-electron chi connectivity index (χ1n) is 8.27. The number of likely N-dealkylation sites (tertiary alicyclic amines) is 1. The Hall–Kier alpha value is -2.63. The smallest absolute Gasteiger partial charge is 0.227 e. The Labute approximate surface area is 141 Å². The zero-order chi connectivity index (χ0) is 16.9. The van der Waals surface area contributed by atoms with Crippen LogP contribution in [0.3, 0.4) is 0 Å². The molecule has 0 saturated carbocycles. The van der Waals surface area contributed by atoms with Crippen LogP contribution in [-0.2, 0) is 16.0 Å². The van der Waals surface area contributed by atoms with Crippen LogP contribution in [0.2, 0.25) is 0 Å². The van der Waals surface area contributed by atoms with Gasteiger partial charge in [0.05, 0.1) is 18.3 Å². The Bertz CT molecular complexity index is 703. The van der Waals surface area contributed by atoms with Gasteiger partial charge in [-0.1, -0.05) is 18.2 Å². The molecule has 0 atom stereocenters. The fourth-order valence-corrected chi connectivity index (χ4v) is 3.13. The first kappa shape index (κ1) is 16.2. The fraction of sp³-hybridized carbons (Fsp3) is 0.389. The predicted molar refractivity (Wildman–Crippen MR) is 90.4 cm³/mol. The molecule has 1 aromatic carbocycles. The monoisotopic (exact) mass is 326 g/mol. The fourth-order valence-electron chi connectivity index (χ4n) is 3.13. The minimum absolute atomic E-state index is 0.111. The Kier molecular flexibility index (Phi) is 4.93. The average molecular weight is 326 g/mol. The lowest BCUT2D eigenvalue weighted by molar-refractivity contribution is -0.131. The molecule has 3 rings (SSSR count). The van der Waals surface area contributed by atoms with Crippen molar-refractivity contribution in [1.82, 2.24) is 14.7 Å². The van der Waals surface area contributed by atoms with E-state index in [-0.39, 0.29) is 11.8 Å². The number of aromatic nitrogens is 2. The van der Waals surface area contributed by atoms with Crippen molar-refractivity contribution in [1.29, 1.82) is 0 Å². The van der Waals surface area contributed by atoms with Gasteiger partial charge in [0.1, 0.15) is 0 Å². The molecule has 126 valence electrons. The molecule has 2 amide bonds. The molecule has 0 spiro atoms. The molecule has 0 unspecified atom stereocenters. The lowest BCUT2D eigenvalue weighted by Crippen LogP contribution is -2.40. The van der Waals surface area contributed by atoms with Gasteiger partial charge in [-0.3, -0.25) is 9.59 Å². The molecule has 1 aromatic heterocycles. The second-order valence-electron chi connectivity index (χ2n) is 6.30. The van der Waals surface area contributed by atoms with Crippen LogP contribution in [0.1, 0.15) is 24.8 Å². The van der Waals surface area contributed by atoms with Gasteiger partial charge in [-0.05, 0) is 36.5 Å². The van der Waals surface area contributed by atoms with Crippen LogP contribution in [0.4, 0.5) is 0 Å². The summed E-state index contributed by atoms with van der Waals surface area (Å²) in [6, 6.07) is 9.82. The molecule has 1 aliphatic heterocycles. The first-order chi connectivity index (χ1) is 11.6. The minimum atomic E-state index is -0.256. The Morgan fingerprint density at radius 2 is 1.88 bits per heavy atom. The standard InChI is InChI=1S/C18H22N4O2/c19-17(23)10-14-6-8-21(9-7-14)18(24)11-15-12-20-22(13-15)16-4-2-1-3-5-16/h1-5,12-14H,6-11H2,(H2,19,23). The zero-order valence-corrected chi connectivity index (χ0v) is 13.6. The van der Waals surface area contributed by atoms with E-state index in [0.717, 1.165) is 24.1 Å². The number of nitrogens with zero attached hydrogens (tertiary/aromatic N) is 3. The summed E-state index contributed by atoms with van der Waals surface area (Å²) in [6.07, 6.45) is 6.10. The minimum Gasteiger partial charge on any atom is -0.370 e. The summed E-state index contributed by atoms with van der Waals surface area (Å²) in [6.45, 7) is 1.40. The third-order valence-electron chi connectivity index (χ3n) is 4.47. The zero-order valence-electron chi connectivity index (χ0n) is 13.6. The number of carbonyl (C=O) groups excluding carboxylic acids is 2. The van der Waals surface area contributed by atoms with E-state index in [2.05, 4.69) is 5.10 Å². The second-order valence-corrected chi connectivity index (χ2v) is 6.30. The third-order valence-corrected chi connectivity index (χ3v) is 4.47. The summed E-state index contributed by atoms with van der Waals surface area (Å²) in [5.41, 5.74) is 7.12. The first-order valence-corrected chi connectivity index (χ1v) is 8.27. The molecule has 24 heavy (non-hydrogen) atoms. The second kappa shape index (κ2) is 7.29. The topological polar surface area (TPSA) is 81.2 Å². The van der Waals surface area contributed by atoms with Crippen LogP contribution < -0.4 is 5.73 Å². The summed E-state index contributed by atoms with van der Waals surface area (Å²) in [4.78, 5) is 25.3. The van der Waals surface area contributed by atoms with Crippen molar-refractivity contribution >= 4 is 11.8 Å². The van der Waals surface area contributed by atoms with Crippen molar-refractivity contribution in [2.75, 3.05) is 13.1 Å². The van der Waals surface area contributed by atoms with Crippen LogP contribution in [0.25, 0.3) is 5.69 Å². The van der Waals surface area contributed by atoms with Crippen molar-refractivity contribution < 1.29 is 9.59 Å². The highest BCUT2D eigenvalue weighted by Crippen LogP contribution is 2.21. The van der Waals surface area contributed by atoms with Gasteiger partial charge in [-0.2, -0.15) is 5.10 Å². The van der Waals surface area contributed by atoms with Crippen LogP contribution in [0.15, 0.2) is 42.7 Å². The lowest BCUT2D eigenvalue weighted by atomic mass is 9.93. The largest absolute Gasteiger partial charge is 0.370 e. The summed E-state index contributed by atoms with van der Waals surface area (Å²) in [7, 11) is 0. The number of hydrogen-bond donors (Lipinski definition) is 1. The van der Waals surface area contributed by atoms with Crippen LogP contribution in [0.5, 0.6) is 0 Å². The van der Waals surface area contributed by atoms with E-state index in [1.165, 1.54) is 0 Å². The molecule has 1 saturated heterocycles. The van der Waals surface area contributed by atoms with Gasteiger partial charge in [0.25, 0.3) is 0 Å². The SMILES string of the molecule is NC(=O)CC1CCN(C(=O)Cc2cnn(-c3ccccc3)c2)CC1. The van der Waals surface area contributed by atoms with E-state index < -0.39 is 0 Å². The molecule has 2 heterocycles. The van der Waals surface area contributed by atoms with Crippen molar-refractivity contribution in [3.05, 3.63) is 48.3 Å². The van der Waals surface area contributed by atoms with Crippen LogP contribution in [0, 0.1) is 5.92 Å². The van der Waals surface area contributed by atoms with Crippen molar-refractivity contribution in [3.63, 3.8) is 0 Å². The van der Waals surface area contributed by atoms with Gasteiger partial charge in [0.2, 0.25) is 11.8 Å². The molecule has 6 heteroatoms. The molecular formula is C18H22N4O2. The number of piperidine rings is 1. The van der Waals surface area contributed by atoms with Gasteiger partial charge in [0.15, 0.2) is 0 Å². The summed E-state index contributed by atoms with van der Waals surface area (Å²) in [5.74, 6) is 0.167. The Morgan fingerprint density at radius 1 is 1.17 bits per heavy atom. The average Bonchev–Trinajstić information content (AvgIpc) is 3.04. The highest BCUT2D eigenvalue weighted by molar-refractivity contribution is 5.79. The number of hydrogen-bond acceptors (Lipinski definition) is 3. The van der Waals surface area contributed by atoms with Crippen molar-refractivity contribution in [2.24, 2.45) is 11.7 Å². The van der Waals surface area contributed by atoms with E-state index in [1.54, 1.807) is 10.9 Å². The van der Waals surface area contributed by atoms with Gasteiger partial charge in [0, 0.05) is 25.7 Å². The molecule has 2 aromatic rings. The number of carbonyl (C=O) groups is 2. The molecule has 0 bridgehead atoms. The highest BCUT2D eigenvalue weighted by Gasteiger charge is 2.24. The van der Waals surface area contributed by atoms with E-state index in [4.69, 9.17) is 5.73 Å². The maximum absolute atomic E-state index is 12.4. The van der Waals surface area contributed by atoms with E-state index in [0.29, 0.717) is 31.8 Å². The van der Waals surface area contributed by atoms with Crippen molar-refractivity contribution in [2.45, 2.75) is 25.7 Å². The molecule has 1 fully saturated rings. The van der Waals surface area contributed by atoms with Gasteiger partial charge in [-0.15, -0.1) is 0 Å². The Morgan fingerprint density at radius 3 is 2.54 bits per heavy atom. The Balaban J connectivity index is 1.54. The number of primary amides is 1. The maximum Gasteiger partial charge on any atom is 0.227 e. The van der Waals surface area contributed by atoms with E-state index in [1.807, 2.05) is 41.4 Å². The number of amides is 2. The molecule has 6 nitrogen and oxygen atoms in total. The van der Waals surface area contributed by atoms with Crippen LogP contribution in [-0.4, -0.2) is 39.6 Å². The normalized spacial score (nSPS) is 15.4. The number of nitrogens with two attached hydrogens (primary N) is 1. The molecule has 0 aliphatic carbocycles. The third kappa shape index (κ3) is 4.01. The predicted octanol–water partition coefficient (Wildman–Crippen LogP) is 1.53. The molecule has 0 radical (unpaired) electrons. The van der Waals surface area contributed by atoms with E-state index in [9.17, 15) is 9.59 Å². The molecular weight excluding hydrogens is 304 g/mol. The maximum atomic E-state index is 12.4. The van der Waals surface area contributed by atoms with Gasteiger partial charge < -0.3 is 10.6 Å². The van der Waals surface area contributed by atoms with Crippen molar-refractivity contribution in [3.8, 4) is 5.69 Å². The molecule has 1 aliphatic rings.